The maximum absolute atomic E-state index is 4.03. The summed E-state index contributed by atoms with van der Waals surface area (Å²) < 4.78 is 0. The molecule has 16 heavy (non-hydrogen) atoms. The maximum atomic E-state index is 4.03. The topological polar surface area (TPSA) is 0 Å². The highest BCUT2D eigenvalue weighted by Crippen LogP contribution is 2.34. The number of hydrogen-bond donors (Lipinski definition) is 0. The Kier molecular flexibility index (Phi) is 7.03. The standard InChI is InChI=1S/C16H32/c1-9-12(4)14(6)16(8)15(7)13(5)10-11(2)3/h12-16H,2,9-10H2,1,3-8H3. The minimum Gasteiger partial charge on any atom is -0.100 e. The van der Waals surface area contributed by atoms with E-state index in [1.165, 1.54) is 18.4 Å². The Morgan fingerprint density at radius 3 is 1.69 bits per heavy atom. The van der Waals surface area contributed by atoms with Crippen LogP contribution < -0.4 is 0 Å². The lowest BCUT2D eigenvalue weighted by Crippen LogP contribution is -2.26. The van der Waals surface area contributed by atoms with Gasteiger partial charge in [0.15, 0.2) is 0 Å². The minimum atomic E-state index is 0.763. The third kappa shape index (κ3) is 4.72. The van der Waals surface area contributed by atoms with Gasteiger partial charge in [0, 0.05) is 0 Å². The summed E-state index contributed by atoms with van der Waals surface area (Å²) in [4.78, 5) is 0. The molecule has 0 N–H and O–H groups in total. The van der Waals surface area contributed by atoms with Gasteiger partial charge >= 0.3 is 0 Å². The first-order valence-electron chi connectivity index (χ1n) is 6.95. The van der Waals surface area contributed by atoms with Crippen molar-refractivity contribution in [1.82, 2.24) is 0 Å². The summed E-state index contributed by atoms with van der Waals surface area (Å²) in [5.74, 6) is 4.03. The molecule has 0 nitrogen and oxygen atoms in total. The summed E-state index contributed by atoms with van der Waals surface area (Å²) in [6.45, 7) is 20.5. The molecule has 0 aliphatic carbocycles. The minimum absolute atomic E-state index is 0.763. The van der Waals surface area contributed by atoms with Crippen molar-refractivity contribution >= 4 is 0 Å². The Bertz CT molecular complexity index is 204. The monoisotopic (exact) mass is 224 g/mol. The van der Waals surface area contributed by atoms with Crippen LogP contribution in [0.2, 0.25) is 0 Å². The van der Waals surface area contributed by atoms with Crippen LogP contribution in [0.15, 0.2) is 12.2 Å². The van der Waals surface area contributed by atoms with E-state index in [1.54, 1.807) is 0 Å². The first-order chi connectivity index (χ1) is 7.31. The molecule has 96 valence electrons. The molecule has 5 atom stereocenters. The highest BCUT2D eigenvalue weighted by Gasteiger charge is 2.26. The number of rotatable bonds is 7. The lowest BCUT2D eigenvalue weighted by atomic mass is 9.72. The van der Waals surface area contributed by atoms with Gasteiger partial charge in [-0.05, 0) is 42.9 Å². The van der Waals surface area contributed by atoms with Crippen LogP contribution in [0.1, 0.15) is 61.3 Å². The van der Waals surface area contributed by atoms with E-state index in [0.717, 1.165) is 29.6 Å². The second kappa shape index (κ2) is 7.14. The summed E-state index contributed by atoms with van der Waals surface area (Å²) in [6.07, 6.45) is 2.48. The fourth-order valence-electron chi connectivity index (χ4n) is 2.62. The largest absolute Gasteiger partial charge is 0.100 e. The first kappa shape index (κ1) is 15.7. The van der Waals surface area contributed by atoms with Gasteiger partial charge in [0.25, 0.3) is 0 Å². The van der Waals surface area contributed by atoms with Crippen molar-refractivity contribution in [1.29, 1.82) is 0 Å². The van der Waals surface area contributed by atoms with Gasteiger partial charge in [-0.15, -0.1) is 6.58 Å². The Balaban J connectivity index is 4.35. The molecule has 0 heterocycles. The zero-order valence-electron chi connectivity index (χ0n) is 12.5. The molecule has 0 aliphatic heterocycles. The quantitative estimate of drug-likeness (QED) is 0.498. The van der Waals surface area contributed by atoms with Crippen molar-refractivity contribution in [2.45, 2.75) is 61.3 Å². The first-order valence-corrected chi connectivity index (χ1v) is 6.95. The van der Waals surface area contributed by atoms with Crippen LogP contribution >= 0.6 is 0 Å². The summed E-state index contributed by atoms with van der Waals surface area (Å²) in [6, 6.07) is 0. The normalized spacial score (nSPS) is 20.9. The molecule has 0 saturated carbocycles. The average molecular weight is 224 g/mol. The summed E-state index contributed by atoms with van der Waals surface area (Å²) in [5.41, 5.74) is 1.32. The fourth-order valence-corrected chi connectivity index (χ4v) is 2.62. The molecular weight excluding hydrogens is 192 g/mol. The van der Waals surface area contributed by atoms with Crippen molar-refractivity contribution < 1.29 is 0 Å². The Morgan fingerprint density at radius 1 is 0.875 bits per heavy atom. The van der Waals surface area contributed by atoms with Gasteiger partial charge in [0.05, 0.1) is 0 Å². The van der Waals surface area contributed by atoms with Gasteiger partial charge in [0.1, 0.15) is 0 Å². The lowest BCUT2D eigenvalue weighted by Gasteiger charge is -2.33. The van der Waals surface area contributed by atoms with Gasteiger partial charge in [-0.2, -0.15) is 0 Å². The second-order valence-corrected chi connectivity index (χ2v) is 6.10. The molecule has 0 saturated heterocycles. The molecule has 0 rings (SSSR count). The van der Waals surface area contributed by atoms with Crippen LogP contribution in [0.3, 0.4) is 0 Å². The number of hydrogen-bond acceptors (Lipinski definition) is 0. The van der Waals surface area contributed by atoms with E-state index in [2.05, 4.69) is 55.0 Å². The van der Waals surface area contributed by atoms with Crippen molar-refractivity contribution in [2.24, 2.45) is 29.6 Å². The Labute approximate surface area is 104 Å². The summed E-state index contributed by atoms with van der Waals surface area (Å²) in [5, 5.41) is 0. The zero-order valence-corrected chi connectivity index (χ0v) is 12.5. The third-order valence-electron chi connectivity index (χ3n) is 4.77. The molecule has 0 aromatic carbocycles. The van der Waals surface area contributed by atoms with Gasteiger partial charge in [-0.1, -0.05) is 53.5 Å². The van der Waals surface area contributed by atoms with Crippen LogP contribution in [0, 0.1) is 29.6 Å². The smallest absolute Gasteiger partial charge is 0.0297 e. The molecule has 0 bridgehead atoms. The maximum Gasteiger partial charge on any atom is -0.0297 e. The van der Waals surface area contributed by atoms with Gasteiger partial charge < -0.3 is 0 Å². The fraction of sp³-hybridized carbons (Fsp3) is 0.875. The van der Waals surface area contributed by atoms with E-state index in [1.807, 2.05) is 0 Å². The van der Waals surface area contributed by atoms with Crippen molar-refractivity contribution in [3.05, 3.63) is 12.2 Å². The highest BCUT2D eigenvalue weighted by atomic mass is 14.3. The summed E-state index contributed by atoms with van der Waals surface area (Å²) in [7, 11) is 0. The highest BCUT2D eigenvalue weighted by molar-refractivity contribution is 4.91. The predicted octanol–water partition coefficient (Wildman–Crippen LogP) is 5.54. The van der Waals surface area contributed by atoms with Crippen LogP contribution in [0.5, 0.6) is 0 Å². The van der Waals surface area contributed by atoms with Crippen LogP contribution in [0.4, 0.5) is 0 Å². The molecule has 0 spiro atoms. The van der Waals surface area contributed by atoms with Gasteiger partial charge in [-0.3, -0.25) is 0 Å². The SMILES string of the molecule is C=C(C)CC(C)C(C)C(C)C(C)C(C)CC. The second-order valence-electron chi connectivity index (χ2n) is 6.10. The lowest BCUT2D eigenvalue weighted by molar-refractivity contribution is 0.166. The molecular formula is C16H32. The molecule has 5 unspecified atom stereocenters. The van der Waals surface area contributed by atoms with Crippen LogP contribution in [-0.4, -0.2) is 0 Å². The molecule has 0 heteroatoms. The zero-order chi connectivity index (χ0) is 12.9. The predicted molar refractivity (Wildman–Crippen MR) is 75.5 cm³/mol. The Morgan fingerprint density at radius 2 is 1.31 bits per heavy atom. The van der Waals surface area contributed by atoms with Crippen molar-refractivity contribution in [3.8, 4) is 0 Å². The molecule has 0 aromatic heterocycles. The van der Waals surface area contributed by atoms with E-state index in [4.69, 9.17) is 0 Å². The average Bonchev–Trinajstić information content (AvgIpc) is 2.23. The molecule has 0 amide bonds. The van der Waals surface area contributed by atoms with E-state index in [9.17, 15) is 0 Å². The van der Waals surface area contributed by atoms with E-state index >= 15 is 0 Å². The van der Waals surface area contributed by atoms with Gasteiger partial charge in [0.2, 0.25) is 0 Å². The van der Waals surface area contributed by atoms with Gasteiger partial charge in [-0.25, -0.2) is 0 Å². The van der Waals surface area contributed by atoms with E-state index in [0.29, 0.717) is 0 Å². The molecule has 0 aromatic rings. The van der Waals surface area contributed by atoms with E-state index in [-0.39, 0.29) is 0 Å². The number of allylic oxidation sites excluding steroid dienone is 1. The third-order valence-corrected chi connectivity index (χ3v) is 4.77. The summed E-state index contributed by atoms with van der Waals surface area (Å²) >= 11 is 0. The molecule has 0 fully saturated rings. The van der Waals surface area contributed by atoms with Crippen molar-refractivity contribution in [2.75, 3.05) is 0 Å². The van der Waals surface area contributed by atoms with Crippen LogP contribution in [-0.2, 0) is 0 Å². The molecule has 0 radical (unpaired) electrons. The van der Waals surface area contributed by atoms with Crippen molar-refractivity contribution in [3.63, 3.8) is 0 Å². The Hall–Kier alpha value is -0.260. The molecule has 0 aliphatic rings. The van der Waals surface area contributed by atoms with E-state index < -0.39 is 0 Å². The van der Waals surface area contributed by atoms with Crippen LogP contribution in [0.25, 0.3) is 0 Å².